The summed E-state index contributed by atoms with van der Waals surface area (Å²) in [5.74, 6) is -0.327. The van der Waals surface area contributed by atoms with Crippen LogP contribution in [0.4, 0.5) is 5.69 Å². The van der Waals surface area contributed by atoms with Gasteiger partial charge in [0.15, 0.2) is 5.78 Å². The molecule has 0 aliphatic carbocycles. The average Bonchev–Trinajstić information content (AvgIpc) is 2.38. The van der Waals surface area contributed by atoms with Crippen LogP contribution in [0.3, 0.4) is 0 Å². The zero-order valence-electron chi connectivity index (χ0n) is 10.7. The fourth-order valence-electron chi connectivity index (χ4n) is 1.85. The Hall–Kier alpha value is -2.49. The molecule has 0 radical (unpaired) electrons. The Kier molecular flexibility index (Phi) is 3.42. The summed E-state index contributed by atoms with van der Waals surface area (Å²) in [5, 5.41) is 11.0. The molecule has 0 atom stereocenters. The lowest BCUT2D eigenvalue weighted by molar-refractivity contribution is -0.385. The van der Waals surface area contributed by atoms with E-state index in [1.807, 2.05) is 19.1 Å². The summed E-state index contributed by atoms with van der Waals surface area (Å²) >= 11 is 0. The van der Waals surface area contributed by atoms with Gasteiger partial charge in [0.05, 0.1) is 4.92 Å². The molecular formula is C15H13NO3. The van der Waals surface area contributed by atoms with Gasteiger partial charge in [-0.25, -0.2) is 0 Å². The highest BCUT2D eigenvalue weighted by molar-refractivity contribution is 6.11. The zero-order chi connectivity index (χ0) is 14.0. The number of benzene rings is 2. The van der Waals surface area contributed by atoms with E-state index in [2.05, 4.69) is 0 Å². The molecule has 0 N–H and O–H groups in total. The van der Waals surface area contributed by atoms with Crippen LogP contribution in [0.15, 0.2) is 42.5 Å². The van der Waals surface area contributed by atoms with Crippen LogP contribution in [0.1, 0.15) is 27.0 Å². The highest BCUT2D eigenvalue weighted by Crippen LogP contribution is 2.23. The van der Waals surface area contributed by atoms with Crippen molar-refractivity contribution in [2.75, 3.05) is 0 Å². The summed E-state index contributed by atoms with van der Waals surface area (Å²) in [5.41, 5.74) is 2.23. The van der Waals surface area contributed by atoms with E-state index in [0.29, 0.717) is 5.56 Å². The number of hydrogen-bond donors (Lipinski definition) is 0. The van der Waals surface area contributed by atoms with Crippen LogP contribution in [0.25, 0.3) is 0 Å². The zero-order valence-corrected chi connectivity index (χ0v) is 10.7. The van der Waals surface area contributed by atoms with Crippen molar-refractivity contribution in [1.29, 1.82) is 0 Å². The maximum Gasteiger partial charge on any atom is 0.280 e. The number of carbonyl (C=O) groups is 1. The normalized spacial score (nSPS) is 10.2. The quantitative estimate of drug-likeness (QED) is 0.479. The molecule has 0 aliphatic heterocycles. The van der Waals surface area contributed by atoms with Gasteiger partial charge >= 0.3 is 0 Å². The van der Waals surface area contributed by atoms with Crippen molar-refractivity contribution in [1.82, 2.24) is 0 Å². The van der Waals surface area contributed by atoms with Crippen molar-refractivity contribution in [3.63, 3.8) is 0 Å². The Labute approximate surface area is 110 Å². The first-order valence-corrected chi connectivity index (χ1v) is 5.85. The van der Waals surface area contributed by atoms with Gasteiger partial charge in [-0.2, -0.15) is 0 Å². The van der Waals surface area contributed by atoms with E-state index in [4.69, 9.17) is 0 Å². The predicted octanol–water partition coefficient (Wildman–Crippen LogP) is 3.44. The summed E-state index contributed by atoms with van der Waals surface area (Å²) in [6, 6.07) is 11.6. The van der Waals surface area contributed by atoms with Gasteiger partial charge in [-0.3, -0.25) is 14.9 Å². The predicted molar refractivity (Wildman–Crippen MR) is 72.4 cm³/mol. The SMILES string of the molecule is Cc1ccc(C(=O)c2ccc(C)cc2[N+](=O)[O-])cc1. The van der Waals surface area contributed by atoms with Gasteiger partial charge in [0, 0.05) is 11.6 Å². The maximum absolute atomic E-state index is 12.3. The highest BCUT2D eigenvalue weighted by Gasteiger charge is 2.21. The van der Waals surface area contributed by atoms with Gasteiger partial charge in [0.1, 0.15) is 5.56 Å². The number of nitro benzene ring substituents is 1. The molecule has 0 saturated heterocycles. The lowest BCUT2D eigenvalue weighted by Gasteiger charge is -2.04. The molecule has 0 amide bonds. The average molecular weight is 255 g/mol. The van der Waals surface area contributed by atoms with Crippen LogP contribution in [-0.2, 0) is 0 Å². The van der Waals surface area contributed by atoms with Crippen molar-refractivity contribution in [3.8, 4) is 0 Å². The first kappa shape index (κ1) is 13.0. The first-order valence-electron chi connectivity index (χ1n) is 5.85. The van der Waals surface area contributed by atoms with Crippen molar-refractivity contribution in [2.24, 2.45) is 0 Å². The highest BCUT2D eigenvalue weighted by atomic mass is 16.6. The van der Waals surface area contributed by atoms with Crippen molar-refractivity contribution < 1.29 is 9.72 Å². The molecule has 0 fully saturated rings. The largest absolute Gasteiger partial charge is 0.288 e. The molecule has 19 heavy (non-hydrogen) atoms. The van der Waals surface area contributed by atoms with Crippen LogP contribution in [-0.4, -0.2) is 10.7 Å². The fraction of sp³-hybridized carbons (Fsp3) is 0.133. The minimum atomic E-state index is -0.519. The smallest absolute Gasteiger partial charge is 0.280 e. The van der Waals surface area contributed by atoms with Gasteiger partial charge in [0.2, 0.25) is 0 Å². The second-order valence-corrected chi connectivity index (χ2v) is 4.47. The van der Waals surface area contributed by atoms with Gasteiger partial charge < -0.3 is 0 Å². The Bertz CT molecular complexity index is 645. The topological polar surface area (TPSA) is 60.2 Å². The third-order valence-electron chi connectivity index (χ3n) is 2.91. The van der Waals surface area contributed by atoms with E-state index >= 15 is 0 Å². The molecule has 0 unspecified atom stereocenters. The Morgan fingerprint density at radius 3 is 2.16 bits per heavy atom. The summed E-state index contributed by atoms with van der Waals surface area (Å²) < 4.78 is 0. The van der Waals surface area contributed by atoms with Crippen molar-refractivity contribution in [3.05, 3.63) is 74.8 Å². The van der Waals surface area contributed by atoms with Crippen LogP contribution in [0.5, 0.6) is 0 Å². The monoisotopic (exact) mass is 255 g/mol. The minimum Gasteiger partial charge on any atom is -0.288 e. The third-order valence-corrected chi connectivity index (χ3v) is 2.91. The molecule has 2 aromatic carbocycles. The van der Waals surface area contributed by atoms with Gasteiger partial charge in [0.25, 0.3) is 5.69 Å². The molecule has 4 heteroatoms. The molecular weight excluding hydrogens is 242 g/mol. The van der Waals surface area contributed by atoms with Crippen LogP contribution in [0, 0.1) is 24.0 Å². The number of rotatable bonds is 3. The Morgan fingerprint density at radius 1 is 1.00 bits per heavy atom. The molecule has 2 aromatic rings. The number of nitro groups is 1. The number of hydrogen-bond acceptors (Lipinski definition) is 3. The molecule has 4 nitrogen and oxygen atoms in total. The van der Waals surface area contributed by atoms with Crippen LogP contribution in [0.2, 0.25) is 0 Å². The second kappa shape index (κ2) is 5.02. The standard InChI is InChI=1S/C15H13NO3/c1-10-3-6-12(7-4-10)15(17)13-8-5-11(2)9-14(13)16(18)19/h3-9H,1-2H3. The minimum absolute atomic E-state index is 0.124. The van der Waals surface area contributed by atoms with Crippen molar-refractivity contribution in [2.45, 2.75) is 13.8 Å². The molecule has 0 bridgehead atoms. The molecule has 2 rings (SSSR count). The van der Waals surface area contributed by atoms with E-state index in [1.54, 1.807) is 25.1 Å². The van der Waals surface area contributed by atoms with E-state index in [1.165, 1.54) is 12.1 Å². The number of nitrogens with zero attached hydrogens (tertiary/aromatic N) is 1. The number of ketones is 1. The van der Waals surface area contributed by atoms with E-state index in [9.17, 15) is 14.9 Å². The molecule has 0 spiro atoms. The molecule has 0 saturated carbocycles. The number of carbonyl (C=O) groups excluding carboxylic acids is 1. The molecule has 0 aliphatic rings. The lowest BCUT2D eigenvalue weighted by Crippen LogP contribution is -2.05. The van der Waals surface area contributed by atoms with E-state index in [0.717, 1.165) is 11.1 Å². The van der Waals surface area contributed by atoms with E-state index < -0.39 is 4.92 Å². The third kappa shape index (κ3) is 2.68. The second-order valence-electron chi connectivity index (χ2n) is 4.47. The van der Waals surface area contributed by atoms with Crippen molar-refractivity contribution >= 4 is 11.5 Å². The summed E-state index contributed by atoms with van der Waals surface area (Å²) in [6.07, 6.45) is 0. The fourth-order valence-corrected chi connectivity index (χ4v) is 1.85. The molecule has 0 aromatic heterocycles. The lowest BCUT2D eigenvalue weighted by atomic mass is 9.99. The van der Waals surface area contributed by atoms with E-state index in [-0.39, 0.29) is 17.0 Å². The maximum atomic E-state index is 12.3. The van der Waals surface area contributed by atoms with Gasteiger partial charge in [-0.05, 0) is 25.5 Å². The van der Waals surface area contributed by atoms with Gasteiger partial charge in [-0.1, -0.05) is 35.9 Å². The molecule has 96 valence electrons. The summed E-state index contributed by atoms with van der Waals surface area (Å²) in [7, 11) is 0. The molecule has 0 heterocycles. The van der Waals surface area contributed by atoms with Crippen LogP contribution >= 0.6 is 0 Å². The van der Waals surface area contributed by atoms with Crippen LogP contribution < -0.4 is 0 Å². The first-order chi connectivity index (χ1) is 8.99. The Morgan fingerprint density at radius 2 is 1.58 bits per heavy atom. The Balaban J connectivity index is 2.49. The summed E-state index contributed by atoms with van der Waals surface area (Å²) in [6.45, 7) is 3.68. The number of aryl methyl sites for hydroxylation is 2. The van der Waals surface area contributed by atoms with Gasteiger partial charge in [-0.15, -0.1) is 0 Å². The summed E-state index contributed by atoms with van der Waals surface area (Å²) in [4.78, 5) is 22.8.